The van der Waals surface area contributed by atoms with Crippen LogP contribution in [0.25, 0.3) is 10.9 Å². The number of benzene rings is 1. The Kier molecular flexibility index (Phi) is 3.08. The van der Waals surface area contributed by atoms with Gasteiger partial charge in [-0.15, -0.1) is 0 Å². The highest BCUT2D eigenvalue weighted by Gasteiger charge is 2.30. The molecule has 3 atom stereocenters. The van der Waals surface area contributed by atoms with E-state index in [9.17, 15) is 0 Å². The summed E-state index contributed by atoms with van der Waals surface area (Å²) in [5, 5.41) is 5.84. The zero-order valence-electron chi connectivity index (χ0n) is 10.9. The van der Waals surface area contributed by atoms with Crippen LogP contribution >= 0.6 is 0 Å². The van der Waals surface area contributed by atoms with Gasteiger partial charge in [-0.25, -0.2) is 0 Å². The van der Waals surface area contributed by atoms with Crippen LogP contribution in [0, 0.1) is 11.8 Å². The first kappa shape index (κ1) is 11.7. The third kappa shape index (κ3) is 1.93. The van der Waals surface area contributed by atoms with Crippen LogP contribution in [-0.2, 0) is 0 Å². The smallest absolute Gasteiger partial charge is 0.0685 e. The van der Waals surface area contributed by atoms with Crippen molar-refractivity contribution < 1.29 is 0 Å². The Bertz CT molecular complexity index is 531. The summed E-state index contributed by atoms with van der Waals surface area (Å²) < 4.78 is 2.21. The first-order chi connectivity index (χ1) is 8.79. The largest absolute Gasteiger partial charge is 0.330 e. The zero-order chi connectivity index (χ0) is 12.5. The highest BCUT2D eigenvalue weighted by atomic mass is 15.3. The molecule has 2 N–H and O–H groups in total. The van der Waals surface area contributed by atoms with Crippen molar-refractivity contribution in [3.63, 3.8) is 0 Å². The van der Waals surface area contributed by atoms with Gasteiger partial charge in [0.1, 0.15) is 0 Å². The second kappa shape index (κ2) is 4.73. The Labute approximate surface area is 108 Å². The predicted molar refractivity (Wildman–Crippen MR) is 74.3 cm³/mol. The number of fused-ring (bicyclic) bond motifs is 1. The van der Waals surface area contributed by atoms with Crippen LogP contribution in [0.3, 0.4) is 0 Å². The van der Waals surface area contributed by atoms with Crippen LogP contribution in [0.2, 0.25) is 0 Å². The lowest BCUT2D eigenvalue weighted by molar-refractivity contribution is 0.189. The molecule has 0 radical (unpaired) electrons. The fourth-order valence-corrected chi connectivity index (χ4v) is 3.24. The summed E-state index contributed by atoms with van der Waals surface area (Å²) in [5.74, 6) is 1.35. The first-order valence-electron chi connectivity index (χ1n) is 6.92. The molecule has 1 aliphatic rings. The van der Waals surface area contributed by atoms with E-state index >= 15 is 0 Å². The van der Waals surface area contributed by atoms with Crippen LogP contribution < -0.4 is 5.73 Å². The Morgan fingerprint density at radius 3 is 3.00 bits per heavy atom. The number of rotatable bonds is 2. The van der Waals surface area contributed by atoms with Gasteiger partial charge in [0.15, 0.2) is 0 Å². The summed E-state index contributed by atoms with van der Waals surface area (Å²) in [6.07, 6.45) is 5.71. The lowest BCUT2D eigenvalue weighted by Gasteiger charge is -2.34. The minimum atomic E-state index is 0.471. The summed E-state index contributed by atoms with van der Waals surface area (Å²) in [6.45, 7) is 3.11. The molecule has 96 valence electrons. The molecule has 2 aromatic rings. The lowest BCUT2D eigenvalue weighted by Crippen LogP contribution is -2.32. The van der Waals surface area contributed by atoms with Crippen molar-refractivity contribution in [2.24, 2.45) is 17.6 Å². The summed E-state index contributed by atoms with van der Waals surface area (Å²) in [7, 11) is 0. The summed E-state index contributed by atoms with van der Waals surface area (Å²) >= 11 is 0. The Hall–Kier alpha value is -1.35. The van der Waals surface area contributed by atoms with Crippen molar-refractivity contribution in [2.75, 3.05) is 6.54 Å². The maximum Gasteiger partial charge on any atom is 0.0685 e. The molecule has 1 saturated carbocycles. The molecule has 3 heteroatoms. The average molecular weight is 243 g/mol. The van der Waals surface area contributed by atoms with E-state index in [4.69, 9.17) is 5.73 Å². The molecule has 3 nitrogen and oxygen atoms in total. The summed E-state index contributed by atoms with van der Waals surface area (Å²) in [6, 6.07) is 8.92. The van der Waals surface area contributed by atoms with E-state index in [-0.39, 0.29) is 0 Å². The third-order valence-corrected chi connectivity index (χ3v) is 4.34. The number of nitrogens with zero attached hydrogens (tertiary/aromatic N) is 2. The van der Waals surface area contributed by atoms with E-state index in [0.29, 0.717) is 12.0 Å². The number of aromatic nitrogens is 2. The molecule has 1 aromatic carbocycles. The van der Waals surface area contributed by atoms with E-state index in [1.165, 1.54) is 30.2 Å². The molecule has 0 amide bonds. The van der Waals surface area contributed by atoms with E-state index in [2.05, 4.69) is 41.0 Å². The summed E-state index contributed by atoms with van der Waals surface area (Å²) in [5.41, 5.74) is 7.19. The van der Waals surface area contributed by atoms with Crippen LogP contribution in [-0.4, -0.2) is 16.3 Å². The first-order valence-corrected chi connectivity index (χ1v) is 6.92. The van der Waals surface area contributed by atoms with Crippen molar-refractivity contribution >= 4 is 10.9 Å². The molecule has 1 fully saturated rings. The van der Waals surface area contributed by atoms with Gasteiger partial charge < -0.3 is 5.73 Å². The van der Waals surface area contributed by atoms with Gasteiger partial charge in [0, 0.05) is 5.39 Å². The topological polar surface area (TPSA) is 43.8 Å². The normalized spacial score (nSPS) is 28.7. The van der Waals surface area contributed by atoms with E-state index in [0.717, 1.165) is 12.5 Å². The molecule has 0 bridgehead atoms. The maximum absolute atomic E-state index is 5.95. The van der Waals surface area contributed by atoms with Crippen LogP contribution in [0.15, 0.2) is 30.5 Å². The molecule has 18 heavy (non-hydrogen) atoms. The SMILES string of the molecule is CC1CCC(CN)C(n2ncc3ccccc32)C1. The molecule has 0 spiro atoms. The monoisotopic (exact) mass is 243 g/mol. The van der Waals surface area contributed by atoms with Crippen LogP contribution in [0.5, 0.6) is 0 Å². The van der Waals surface area contributed by atoms with Crippen molar-refractivity contribution in [3.05, 3.63) is 30.5 Å². The molecule has 3 unspecified atom stereocenters. The van der Waals surface area contributed by atoms with Gasteiger partial charge >= 0.3 is 0 Å². The molecule has 0 saturated heterocycles. The van der Waals surface area contributed by atoms with Gasteiger partial charge in [0.25, 0.3) is 0 Å². The fourth-order valence-electron chi connectivity index (χ4n) is 3.24. The third-order valence-electron chi connectivity index (χ3n) is 4.34. The average Bonchev–Trinajstić information content (AvgIpc) is 2.82. The summed E-state index contributed by atoms with van der Waals surface area (Å²) in [4.78, 5) is 0. The van der Waals surface area contributed by atoms with Crippen molar-refractivity contribution in [2.45, 2.75) is 32.2 Å². The Balaban J connectivity index is 2.01. The molecule has 1 aromatic heterocycles. The quantitative estimate of drug-likeness (QED) is 0.881. The zero-order valence-corrected chi connectivity index (χ0v) is 10.9. The highest BCUT2D eigenvalue weighted by molar-refractivity contribution is 5.78. The molecule has 1 aliphatic carbocycles. The molecular weight excluding hydrogens is 222 g/mol. The maximum atomic E-state index is 5.95. The van der Waals surface area contributed by atoms with Gasteiger partial charge in [-0.3, -0.25) is 4.68 Å². The number of hydrogen-bond acceptors (Lipinski definition) is 2. The second-order valence-electron chi connectivity index (χ2n) is 5.63. The molecule has 3 rings (SSSR count). The van der Waals surface area contributed by atoms with Gasteiger partial charge in [0.2, 0.25) is 0 Å². The van der Waals surface area contributed by atoms with Crippen LogP contribution in [0.1, 0.15) is 32.2 Å². The number of nitrogens with two attached hydrogens (primary N) is 1. The van der Waals surface area contributed by atoms with E-state index in [1.54, 1.807) is 0 Å². The standard InChI is InChI=1S/C15H21N3/c1-11-6-7-12(9-16)15(8-11)18-14-5-3-2-4-13(14)10-17-18/h2-5,10-12,15H,6-9,16H2,1H3. The Morgan fingerprint density at radius 1 is 1.33 bits per heavy atom. The van der Waals surface area contributed by atoms with Gasteiger partial charge in [-0.2, -0.15) is 5.10 Å². The number of hydrogen-bond donors (Lipinski definition) is 1. The minimum Gasteiger partial charge on any atom is -0.330 e. The van der Waals surface area contributed by atoms with Crippen molar-refractivity contribution in [1.29, 1.82) is 0 Å². The molecule has 0 aliphatic heterocycles. The minimum absolute atomic E-state index is 0.471. The number of para-hydroxylation sites is 1. The highest BCUT2D eigenvalue weighted by Crippen LogP contribution is 2.37. The van der Waals surface area contributed by atoms with E-state index in [1.807, 2.05) is 6.20 Å². The molecule has 1 heterocycles. The molecular formula is C15H21N3. The van der Waals surface area contributed by atoms with Gasteiger partial charge in [-0.05, 0) is 37.3 Å². The van der Waals surface area contributed by atoms with Gasteiger partial charge in [-0.1, -0.05) is 31.5 Å². The predicted octanol–water partition coefficient (Wildman–Crippen LogP) is 2.97. The second-order valence-corrected chi connectivity index (χ2v) is 5.63. The fraction of sp³-hybridized carbons (Fsp3) is 0.533. The van der Waals surface area contributed by atoms with E-state index < -0.39 is 0 Å². The van der Waals surface area contributed by atoms with Gasteiger partial charge in [0.05, 0.1) is 17.8 Å². The van der Waals surface area contributed by atoms with Crippen LogP contribution in [0.4, 0.5) is 0 Å². The van der Waals surface area contributed by atoms with Crippen molar-refractivity contribution in [3.8, 4) is 0 Å². The van der Waals surface area contributed by atoms with Crippen molar-refractivity contribution in [1.82, 2.24) is 9.78 Å². The Morgan fingerprint density at radius 2 is 2.17 bits per heavy atom. The lowest BCUT2D eigenvalue weighted by atomic mass is 9.79.